The number of amidine groups is 1. The van der Waals surface area contributed by atoms with Gasteiger partial charge >= 0.3 is 12.6 Å². The van der Waals surface area contributed by atoms with Crippen molar-refractivity contribution in [3.63, 3.8) is 0 Å². The zero-order chi connectivity index (χ0) is 15.1. The standard InChI is InChI=1S/C9H5F6N5/c10-8(11,12)20(9(13,14)15)6(16)5-4-18-19-3-1-2-17-7(5)19/h1-4,16H. The summed E-state index contributed by atoms with van der Waals surface area (Å²) in [5.74, 6) is -1.79. The van der Waals surface area contributed by atoms with E-state index in [1.165, 1.54) is 18.5 Å². The van der Waals surface area contributed by atoms with Gasteiger partial charge in [0.1, 0.15) is 5.84 Å². The van der Waals surface area contributed by atoms with E-state index < -0.39 is 28.9 Å². The number of rotatable bonds is 1. The van der Waals surface area contributed by atoms with Gasteiger partial charge in [0.15, 0.2) is 5.65 Å². The zero-order valence-electron chi connectivity index (χ0n) is 9.37. The van der Waals surface area contributed by atoms with Gasteiger partial charge in [-0.3, -0.25) is 5.41 Å². The molecule has 0 saturated carbocycles. The molecule has 2 aromatic heterocycles. The first-order valence-electron chi connectivity index (χ1n) is 4.93. The molecule has 2 aromatic rings. The number of hydrogen-bond donors (Lipinski definition) is 1. The van der Waals surface area contributed by atoms with E-state index in [2.05, 4.69) is 10.1 Å². The Kier molecular flexibility index (Phi) is 3.07. The molecule has 108 valence electrons. The summed E-state index contributed by atoms with van der Waals surface area (Å²) >= 11 is 0. The molecule has 2 heterocycles. The molecule has 11 heteroatoms. The number of nitrogens with zero attached hydrogens (tertiary/aromatic N) is 4. The number of nitrogens with one attached hydrogen (secondary N) is 1. The van der Waals surface area contributed by atoms with E-state index in [0.717, 1.165) is 10.7 Å². The van der Waals surface area contributed by atoms with Gasteiger partial charge < -0.3 is 0 Å². The van der Waals surface area contributed by atoms with Gasteiger partial charge in [-0.2, -0.15) is 10.00 Å². The third-order valence-corrected chi connectivity index (χ3v) is 2.27. The van der Waals surface area contributed by atoms with E-state index >= 15 is 0 Å². The van der Waals surface area contributed by atoms with Crippen molar-refractivity contribution in [3.05, 3.63) is 30.2 Å². The van der Waals surface area contributed by atoms with Gasteiger partial charge in [-0.05, 0) is 6.07 Å². The lowest BCUT2D eigenvalue weighted by Gasteiger charge is -2.28. The molecule has 2 rings (SSSR count). The van der Waals surface area contributed by atoms with Crippen molar-refractivity contribution in [2.45, 2.75) is 12.6 Å². The molecule has 0 saturated heterocycles. The van der Waals surface area contributed by atoms with Crippen molar-refractivity contribution in [2.24, 2.45) is 0 Å². The molecule has 0 fully saturated rings. The Hall–Kier alpha value is -2.33. The molecule has 0 bridgehead atoms. The normalized spacial score (nSPS) is 12.7. The zero-order valence-corrected chi connectivity index (χ0v) is 9.37. The molecule has 1 N–H and O–H groups in total. The molecule has 0 aliphatic rings. The van der Waals surface area contributed by atoms with Crippen molar-refractivity contribution in [1.29, 1.82) is 5.41 Å². The highest BCUT2D eigenvalue weighted by molar-refractivity contribution is 6.01. The van der Waals surface area contributed by atoms with Crippen LogP contribution in [0.1, 0.15) is 5.56 Å². The summed E-state index contributed by atoms with van der Waals surface area (Å²) in [5, 5.41) is 10.7. The van der Waals surface area contributed by atoms with Crippen LogP contribution in [0.5, 0.6) is 0 Å². The highest BCUT2D eigenvalue weighted by Crippen LogP contribution is 2.35. The molecule has 0 aliphatic heterocycles. The largest absolute Gasteiger partial charge is 0.493 e. The van der Waals surface area contributed by atoms with Crippen LogP contribution in [0, 0.1) is 5.41 Å². The van der Waals surface area contributed by atoms with Crippen molar-refractivity contribution in [2.75, 3.05) is 0 Å². The van der Waals surface area contributed by atoms with E-state index in [0.29, 0.717) is 0 Å². The predicted molar refractivity (Wildman–Crippen MR) is 53.8 cm³/mol. The average Bonchev–Trinajstić information content (AvgIpc) is 2.68. The minimum absolute atomic E-state index is 0.281. The first-order valence-corrected chi connectivity index (χ1v) is 4.93. The molecule has 0 unspecified atom stereocenters. The number of halogens is 6. The highest BCUT2D eigenvalue weighted by Gasteiger charge is 2.56. The number of alkyl halides is 6. The topological polar surface area (TPSA) is 57.3 Å². The van der Waals surface area contributed by atoms with Crippen LogP contribution >= 0.6 is 0 Å². The fraction of sp³-hybridized carbons (Fsp3) is 0.222. The van der Waals surface area contributed by atoms with Gasteiger partial charge in [0.25, 0.3) is 0 Å². The Morgan fingerprint density at radius 1 is 1.15 bits per heavy atom. The van der Waals surface area contributed by atoms with Gasteiger partial charge in [0.2, 0.25) is 0 Å². The summed E-state index contributed by atoms with van der Waals surface area (Å²) in [6.07, 6.45) is -8.39. The van der Waals surface area contributed by atoms with Crippen LogP contribution in [-0.2, 0) is 0 Å². The van der Waals surface area contributed by atoms with E-state index in [1.807, 2.05) is 0 Å². The second-order valence-electron chi connectivity index (χ2n) is 3.57. The van der Waals surface area contributed by atoms with Crippen LogP contribution in [0.25, 0.3) is 5.65 Å². The van der Waals surface area contributed by atoms with Crippen molar-refractivity contribution < 1.29 is 26.3 Å². The molecule has 0 atom stereocenters. The van der Waals surface area contributed by atoms with Crippen LogP contribution < -0.4 is 0 Å². The summed E-state index contributed by atoms with van der Waals surface area (Å²) in [5.41, 5.74) is -0.962. The van der Waals surface area contributed by atoms with Gasteiger partial charge in [-0.15, -0.1) is 26.3 Å². The first kappa shape index (κ1) is 14.1. The van der Waals surface area contributed by atoms with Crippen LogP contribution in [0.15, 0.2) is 24.7 Å². The minimum Gasteiger partial charge on any atom is -0.284 e. The summed E-state index contributed by atoms with van der Waals surface area (Å²) < 4.78 is 75.8. The van der Waals surface area contributed by atoms with Gasteiger partial charge in [-0.1, -0.05) is 0 Å². The molecular weight excluding hydrogens is 292 g/mol. The summed E-state index contributed by atoms with van der Waals surface area (Å²) in [4.78, 5) is 1.71. The van der Waals surface area contributed by atoms with Gasteiger partial charge in [-0.25, -0.2) is 9.50 Å². The average molecular weight is 297 g/mol. The van der Waals surface area contributed by atoms with Crippen LogP contribution in [0.4, 0.5) is 26.3 Å². The van der Waals surface area contributed by atoms with E-state index in [1.54, 1.807) is 0 Å². The molecule has 0 aromatic carbocycles. The monoisotopic (exact) mass is 297 g/mol. The van der Waals surface area contributed by atoms with Crippen LogP contribution in [-0.4, -0.2) is 37.9 Å². The van der Waals surface area contributed by atoms with Crippen LogP contribution in [0.2, 0.25) is 0 Å². The maximum absolute atomic E-state index is 12.5. The molecule has 0 spiro atoms. The first-order chi connectivity index (χ1) is 9.12. The molecular formula is C9H5F6N5. The van der Waals surface area contributed by atoms with E-state index in [9.17, 15) is 26.3 Å². The summed E-state index contributed by atoms with van der Waals surface area (Å²) in [6, 6.07) is 1.39. The Balaban J connectivity index is 2.53. The highest BCUT2D eigenvalue weighted by atomic mass is 19.4. The Labute approximate surface area is 106 Å². The molecule has 20 heavy (non-hydrogen) atoms. The molecule has 5 nitrogen and oxygen atoms in total. The lowest BCUT2D eigenvalue weighted by molar-refractivity contribution is -0.342. The van der Waals surface area contributed by atoms with Crippen molar-refractivity contribution in [1.82, 2.24) is 19.5 Å². The van der Waals surface area contributed by atoms with Gasteiger partial charge in [0, 0.05) is 12.4 Å². The Morgan fingerprint density at radius 2 is 1.75 bits per heavy atom. The number of hydrogen-bond acceptors (Lipinski definition) is 3. The van der Waals surface area contributed by atoms with Crippen LogP contribution in [0.3, 0.4) is 0 Å². The fourth-order valence-corrected chi connectivity index (χ4v) is 1.51. The minimum atomic E-state index is -5.78. The maximum atomic E-state index is 12.5. The Bertz CT molecular complexity index is 628. The summed E-state index contributed by atoms with van der Waals surface area (Å²) in [7, 11) is 0. The number of aromatic nitrogens is 3. The molecule has 0 radical (unpaired) electrons. The SMILES string of the molecule is N=C(c1cnn2cccnc12)N(C(F)(F)F)C(F)(F)F. The smallest absolute Gasteiger partial charge is 0.284 e. The maximum Gasteiger partial charge on any atom is 0.493 e. The third-order valence-electron chi connectivity index (χ3n) is 2.27. The lowest BCUT2D eigenvalue weighted by atomic mass is 10.3. The predicted octanol–water partition coefficient (Wildman–Crippen LogP) is 2.40. The van der Waals surface area contributed by atoms with E-state index in [4.69, 9.17) is 5.41 Å². The summed E-state index contributed by atoms with van der Waals surface area (Å²) in [6.45, 7) is 0. The third kappa shape index (κ3) is 2.38. The fourth-order valence-electron chi connectivity index (χ4n) is 1.51. The van der Waals surface area contributed by atoms with E-state index in [-0.39, 0.29) is 5.65 Å². The lowest BCUT2D eigenvalue weighted by Crippen LogP contribution is -2.51. The molecule has 0 amide bonds. The Morgan fingerprint density at radius 3 is 2.30 bits per heavy atom. The van der Waals surface area contributed by atoms with Gasteiger partial charge in [0.05, 0.1) is 11.8 Å². The quantitative estimate of drug-likeness (QED) is 0.380. The second kappa shape index (κ2) is 4.35. The van der Waals surface area contributed by atoms with Crippen molar-refractivity contribution >= 4 is 11.5 Å². The van der Waals surface area contributed by atoms with Crippen molar-refractivity contribution in [3.8, 4) is 0 Å². The second-order valence-corrected chi connectivity index (χ2v) is 3.57. The number of fused-ring (bicyclic) bond motifs is 1. The molecule has 0 aliphatic carbocycles.